The summed E-state index contributed by atoms with van der Waals surface area (Å²) in [6.45, 7) is 0.800. The van der Waals surface area contributed by atoms with Gasteiger partial charge in [-0.05, 0) is 26.4 Å². The van der Waals surface area contributed by atoms with Crippen LogP contribution in [0.2, 0.25) is 0 Å². The third-order valence-electron chi connectivity index (χ3n) is 1.96. The van der Waals surface area contributed by atoms with Crippen LogP contribution in [0.5, 0.6) is 0 Å². The molecule has 1 aliphatic heterocycles. The van der Waals surface area contributed by atoms with E-state index in [9.17, 15) is 8.78 Å². The lowest BCUT2D eigenvalue weighted by Crippen LogP contribution is -2.37. The zero-order valence-corrected chi connectivity index (χ0v) is 7.13. The maximum Gasteiger partial charge on any atom is 0.274 e. The van der Waals surface area contributed by atoms with E-state index in [1.54, 1.807) is 21.2 Å². The van der Waals surface area contributed by atoms with Gasteiger partial charge in [0.05, 0.1) is 6.04 Å². The molecule has 1 aliphatic rings. The number of rotatable bonds is 1. The topological polar surface area (TPSA) is 3.24 Å². The molecule has 0 saturated carbocycles. The molecule has 2 atom stereocenters. The van der Waals surface area contributed by atoms with Crippen molar-refractivity contribution in [1.82, 2.24) is 4.90 Å². The Morgan fingerprint density at radius 1 is 1.60 bits per heavy atom. The summed E-state index contributed by atoms with van der Waals surface area (Å²) in [5.41, 5.74) is -2.61. The van der Waals surface area contributed by atoms with Crippen molar-refractivity contribution in [2.75, 3.05) is 13.6 Å². The molecule has 1 heterocycles. The van der Waals surface area contributed by atoms with Crippen molar-refractivity contribution in [2.24, 2.45) is 0 Å². The van der Waals surface area contributed by atoms with Crippen molar-refractivity contribution in [2.45, 2.75) is 24.5 Å². The van der Waals surface area contributed by atoms with Crippen LogP contribution in [-0.2, 0) is 0 Å². The van der Waals surface area contributed by atoms with E-state index in [2.05, 4.69) is 0 Å². The van der Waals surface area contributed by atoms with Gasteiger partial charge in [-0.1, -0.05) is 9.24 Å². The highest BCUT2D eigenvalue weighted by Gasteiger charge is 2.39. The highest BCUT2D eigenvalue weighted by Crippen LogP contribution is 2.35. The number of nitrogens with zero attached hydrogens (tertiary/aromatic N) is 1. The Labute approximate surface area is 62.0 Å². The molecular weight excluding hydrogens is 155 g/mol. The Morgan fingerprint density at radius 3 is 2.40 bits per heavy atom. The molecule has 1 saturated heterocycles. The van der Waals surface area contributed by atoms with E-state index < -0.39 is 11.7 Å². The van der Waals surface area contributed by atoms with E-state index in [1.165, 1.54) is 0 Å². The summed E-state index contributed by atoms with van der Waals surface area (Å²) in [6.07, 6.45) is 1.51. The van der Waals surface area contributed by atoms with Crippen LogP contribution in [0.1, 0.15) is 12.8 Å². The molecule has 4 heteroatoms. The molecule has 0 aromatic carbocycles. The Balaban J connectivity index is 2.55. The number of halogens is 2. The van der Waals surface area contributed by atoms with Crippen LogP contribution in [0.3, 0.4) is 0 Å². The van der Waals surface area contributed by atoms with Crippen LogP contribution in [0.25, 0.3) is 0 Å². The third kappa shape index (κ3) is 1.64. The maximum absolute atomic E-state index is 12.6. The van der Waals surface area contributed by atoms with Gasteiger partial charge in [-0.25, -0.2) is 8.78 Å². The molecule has 0 amide bonds. The second kappa shape index (κ2) is 2.71. The molecule has 0 spiro atoms. The zero-order valence-electron chi connectivity index (χ0n) is 5.98. The Kier molecular flexibility index (Phi) is 2.26. The summed E-state index contributed by atoms with van der Waals surface area (Å²) >= 11 is 0. The lowest BCUT2D eigenvalue weighted by molar-refractivity contribution is 0.0229. The molecule has 0 aromatic rings. The fourth-order valence-corrected chi connectivity index (χ4v) is 1.82. The van der Waals surface area contributed by atoms with Crippen LogP contribution in [-0.4, -0.2) is 30.2 Å². The molecule has 1 nitrogen and oxygen atoms in total. The fourth-order valence-electron chi connectivity index (χ4n) is 1.40. The minimum absolute atomic E-state index is 0.558. The zero-order chi connectivity index (χ0) is 7.78. The number of hydrogen-bond acceptors (Lipinski definition) is 1. The molecule has 1 rings (SSSR count). The van der Waals surface area contributed by atoms with Crippen molar-refractivity contribution in [3.63, 3.8) is 0 Å². The highest BCUT2D eigenvalue weighted by molar-refractivity contribution is 7.18. The standard InChI is InChI=1S/C6H12F2NP/c1-9-4-2-3-5(9)6(7,8)10/h5H,2-4,10H2,1H3. The normalized spacial score (nSPS) is 29.4. The summed E-state index contributed by atoms with van der Waals surface area (Å²) in [4.78, 5) is 1.72. The van der Waals surface area contributed by atoms with Crippen molar-refractivity contribution in [3.8, 4) is 0 Å². The molecule has 10 heavy (non-hydrogen) atoms. The van der Waals surface area contributed by atoms with E-state index in [0.29, 0.717) is 6.42 Å². The number of alkyl halides is 2. The highest BCUT2D eigenvalue weighted by atomic mass is 31.0. The first-order valence-electron chi connectivity index (χ1n) is 3.39. The van der Waals surface area contributed by atoms with Crippen LogP contribution in [0.4, 0.5) is 8.78 Å². The third-order valence-corrected chi connectivity index (χ3v) is 2.35. The average Bonchev–Trinajstić information content (AvgIpc) is 2.11. The molecule has 0 radical (unpaired) electrons. The smallest absolute Gasteiger partial charge is 0.274 e. The van der Waals surface area contributed by atoms with Crippen LogP contribution in [0, 0.1) is 0 Å². The van der Waals surface area contributed by atoms with E-state index in [4.69, 9.17) is 0 Å². The van der Waals surface area contributed by atoms with Gasteiger partial charge in [0.15, 0.2) is 0 Å². The summed E-state index contributed by atoms with van der Waals surface area (Å²) in [7, 11) is 3.35. The van der Waals surface area contributed by atoms with Crippen molar-refractivity contribution in [1.29, 1.82) is 0 Å². The van der Waals surface area contributed by atoms with Gasteiger partial charge in [-0.15, -0.1) is 0 Å². The summed E-state index contributed by atoms with van der Waals surface area (Å²) in [5.74, 6) is 0. The summed E-state index contributed by atoms with van der Waals surface area (Å²) in [5, 5.41) is 0. The largest absolute Gasteiger partial charge is 0.298 e. The van der Waals surface area contributed by atoms with E-state index in [1.807, 2.05) is 0 Å². The SMILES string of the molecule is CN1CCCC1C(F)(F)P. The van der Waals surface area contributed by atoms with Gasteiger partial charge in [0.2, 0.25) is 0 Å². The molecule has 0 N–H and O–H groups in total. The molecule has 0 aromatic heterocycles. The minimum atomic E-state index is -2.61. The lowest BCUT2D eigenvalue weighted by atomic mass is 10.2. The molecular formula is C6H12F2NP. The van der Waals surface area contributed by atoms with Gasteiger partial charge in [0.25, 0.3) is 5.66 Å². The van der Waals surface area contributed by atoms with Gasteiger partial charge in [0, 0.05) is 0 Å². The monoisotopic (exact) mass is 167 g/mol. The summed E-state index contributed by atoms with van der Waals surface area (Å²) in [6, 6.07) is -0.558. The Hall–Kier alpha value is 0.250. The molecule has 1 fully saturated rings. The predicted octanol–water partition coefficient (Wildman–Crippen LogP) is 1.55. The number of hydrogen-bond donors (Lipinski definition) is 0. The first-order valence-corrected chi connectivity index (χ1v) is 3.96. The van der Waals surface area contributed by atoms with Gasteiger partial charge < -0.3 is 0 Å². The van der Waals surface area contributed by atoms with Gasteiger partial charge in [0.1, 0.15) is 0 Å². The minimum Gasteiger partial charge on any atom is -0.298 e. The lowest BCUT2D eigenvalue weighted by Gasteiger charge is -2.24. The van der Waals surface area contributed by atoms with E-state index in [-0.39, 0.29) is 0 Å². The van der Waals surface area contributed by atoms with Crippen LogP contribution < -0.4 is 0 Å². The molecule has 0 aliphatic carbocycles. The first-order chi connectivity index (χ1) is 4.52. The van der Waals surface area contributed by atoms with Crippen LogP contribution in [0.15, 0.2) is 0 Å². The average molecular weight is 167 g/mol. The summed E-state index contributed by atoms with van der Waals surface area (Å²) < 4.78 is 25.2. The van der Waals surface area contributed by atoms with Crippen molar-refractivity contribution in [3.05, 3.63) is 0 Å². The van der Waals surface area contributed by atoms with Crippen molar-refractivity contribution >= 4 is 9.24 Å². The second-order valence-corrected chi connectivity index (χ2v) is 3.58. The Morgan fingerprint density at radius 2 is 2.20 bits per heavy atom. The molecule has 60 valence electrons. The second-order valence-electron chi connectivity index (χ2n) is 2.81. The Bertz CT molecular complexity index is 123. The predicted molar refractivity (Wildman–Crippen MR) is 40.3 cm³/mol. The van der Waals surface area contributed by atoms with Gasteiger partial charge >= 0.3 is 0 Å². The first kappa shape index (κ1) is 8.35. The van der Waals surface area contributed by atoms with E-state index >= 15 is 0 Å². The fraction of sp³-hybridized carbons (Fsp3) is 1.00. The van der Waals surface area contributed by atoms with Gasteiger partial charge in [-0.3, -0.25) is 4.90 Å². The maximum atomic E-state index is 12.6. The quantitative estimate of drug-likeness (QED) is 0.535. The molecule has 0 bridgehead atoms. The van der Waals surface area contributed by atoms with Crippen molar-refractivity contribution < 1.29 is 8.78 Å². The molecule has 2 unspecified atom stereocenters. The van der Waals surface area contributed by atoms with E-state index in [0.717, 1.165) is 13.0 Å². The number of likely N-dealkylation sites (tertiary alicyclic amines) is 1. The van der Waals surface area contributed by atoms with Crippen LogP contribution >= 0.6 is 9.24 Å². The van der Waals surface area contributed by atoms with Gasteiger partial charge in [-0.2, -0.15) is 0 Å².